The minimum Gasteiger partial charge on any atom is -0.353 e. The summed E-state index contributed by atoms with van der Waals surface area (Å²) in [6, 6.07) is 7.31. The van der Waals surface area contributed by atoms with Crippen molar-refractivity contribution in [2.75, 3.05) is 18.0 Å². The lowest BCUT2D eigenvalue weighted by atomic mass is 10.2. The molecule has 3 heterocycles. The number of rotatable bonds is 5. The van der Waals surface area contributed by atoms with Crippen molar-refractivity contribution in [2.24, 2.45) is 0 Å². The van der Waals surface area contributed by atoms with Gasteiger partial charge in [0.15, 0.2) is 5.82 Å². The summed E-state index contributed by atoms with van der Waals surface area (Å²) in [6.07, 6.45) is 7.79. The molecule has 1 saturated heterocycles. The molecular formula is C20H23ClN6O2. The number of carbonyl (C=O) groups excluding carboxylic acids is 1. The topological polar surface area (TPSA) is 84.5 Å². The Balaban J connectivity index is 1.52. The van der Waals surface area contributed by atoms with E-state index >= 15 is 0 Å². The lowest BCUT2D eigenvalue weighted by Gasteiger charge is -2.20. The molecule has 9 heteroatoms. The van der Waals surface area contributed by atoms with Crippen molar-refractivity contribution < 1.29 is 4.79 Å². The molecular weight excluding hydrogens is 392 g/mol. The zero-order valence-corrected chi connectivity index (χ0v) is 16.8. The van der Waals surface area contributed by atoms with E-state index in [1.165, 1.54) is 21.9 Å². The summed E-state index contributed by atoms with van der Waals surface area (Å²) < 4.78 is 2.63. The van der Waals surface area contributed by atoms with Crippen LogP contribution in [0.25, 0.3) is 5.65 Å². The molecule has 1 amide bonds. The Labute approximate surface area is 173 Å². The average molecular weight is 415 g/mol. The summed E-state index contributed by atoms with van der Waals surface area (Å²) in [7, 11) is 0. The fraction of sp³-hybridized carbons (Fsp3) is 0.400. The Morgan fingerprint density at radius 1 is 1.14 bits per heavy atom. The number of hydrogen-bond donors (Lipinski definition) is 1. The van der Waals surface area contributed by atoms with Crippen molar-refractivity contribution in [3.05, 3.63) is 57.7 Å². The average Bonchev–Trinajstić information content (AvgIpc) is 2.90. The lowest BCUT2D eigenvalue weighted by molar-refractivity contribution is -0.122. The number of fused-ring (bicyclic) bond motifs is 1. The number of benzene rings is 1. The third-order valence-electron chi connectivity index (χ3n) is 5.12. The van der Waals surface area contributed by atoms with Gasteiger partial charge in [-0.25, -0.2) is 18.9 Å². The van der Waals surface area contributed by atoms with E-state index < -0.39 is 0 Å². The zero-order valence-electron chi connectivity index (χ0n) is 16.1. The van der Waals surface area contributed by atoms with Crippen LogP contribution >= 0.6 is 11.6 Å². The number of nitrogens with one attached hydrogen (secondary N) is 1. The van der Waals surface area contributed by atoms with Crippen LogP contribution in [0.4, 0.5) is 5.82 Å². The van der Waals surface area contributed by atoms with Crippen LogP contribution in [-0.4, -0.2) is 38.2 Å². The van der Waals surface area contributed by atoms with Crippen molar-refractivity contribution in [2.45, 2.75) is 38.8 Å². The van der Waals surface area contributed by atoms with E-state index in [2.05, 4.69) is 20.3 Å². The monoisotopic (exact) mass is 414 g/mol. The van der Waals surface area contributed by atoms with Crippen molar-refractivity contribution in [3.8, 4) is 0 Å². The Morgan fingerprint density at radius 2 is 1.90 bits per heavy atom. The summed E-state index contributed by atoms with van der Waals surface area (Å²) in [6.45, 7) is 1.92. The fourth-order valence-electron chi connectivity index (χ4n) is 3.57. The molecule has 2 aromatic heterocycles. The summed E-state index contributed by atoms with van der Waals surface area (Å²) in [5.74, 6) is 0.390. The SMILES string of the molecule is O=C(Cn1nc2c(N3CCCCCC3)nccn2c1=O)NCc1ccccc1Cl. The van der Waals surface area contributed by atoms with E-state index in [9.17, 15) is 9.59 Å². The predicted molar refractivity (Wildman–Crippen MR) is 111 cm³/mol. The molecule has 0 saturated carbocycles. The fourth-order valence-corrected chi connectivity index (χ4v) is 3.77. The molecule has 0 aliphatic carbocycles. The summed E-state index contributed by atoms with van der Waals surface area (Å²) in [5, 5.41) is 7.78. The Kier molecular flexibility index (Phi) is 5.80. The van der Waals surface area contributed by atoms with Gasteiger partial charge in [0, 0.05) is 37.1 Å². The van der Waals surface area contributed by atoms with Gasteiger partial charge in [-0.3, -0.25) is 4.79 Å². The van der Waals surface area contributed by atoms with Crippen LogP contribution in [0.1, 0.15) is 31.2 Å². The second kappa shape index (κ2) is 8.65. The number of aromatic nitrogens is 4. The molecule has 1 fully saturated rings. The standard InChI is InChI=1S/C20H23ClN6O2/c21-16-8-4-3-7-15(16)13-23-17(28)14-27-20(29)26-12-9-22-18(19(26)24-27)25-10-5-1-2-6-11-25/h3-4,7-9,12H,1-2,5-6,10-11,13-14H2,(H,23,28). The second-order valence-electron chi connectivity index (χ2n) is 7.15. The van der Waals surface area contributed by atoms with Crippen molar-refractivity contribution >= 4 is 29.0 Å². The predicted octanol–water partition coefficient (Wildman–Crippen LogP) is 2.24. The molecule has 3 aromatic rings. The van der Waals surface area contributed by atoms with E-state index in [1.54, 1.807) is 18.5 Å². The highest BCUT2D eigenvalue weighted by atomic mass is 35.5. The highest BCUT2D eigenvalue weighted by Crippen LogP contribution is 2.20. The number of anilines is 1. The number of amides is 1. The van der Waals surface area contributed by atoms with Crippen molar-refractivity contribution in [3.63, 3.8) is 0 Å². The van der Waals surface area contributed by atoms with Gasteiger partial charge in [0.2, 0.25) is 11.6 Å². The first-order valence-corrected chi connectivity index (χ1v) is 10.2. The van der Waals surface area contributed by atoms with Gasteiger partial charge in [-0.1, -0.05) is 42.6 Å². The first-order valence-electron chi connectivity index (χ1n) is 9.83. The lowest BCUT2D eigenvalue weighted by Crippen LogP contribution is -2.32. The van der Waals surface area contributed by atoms with Gasteiger partial charge < -0.3 is 10.2 Å². The third-order valence-corrected chi connectivity index (χ3v) is 5.48. The molecule has 4 rings (SSSR count). The number of nitrogens with zero attached hydrogens (tertiary/aromatic N) is 5. The highest BCUT2D eigenvalue weighted by Gasteiger charge is 2.19. The van der Waals surface area contributed by atoms with E-state index in [0.717, 1.165) is 31.5 Å². The molecule has 1 aliphatic heterocycles. The summed E-state index contributed by atoms with van der Waals surface area (Å²) in [4.78, 5) is 31.7. The molecule has 1 N–H and O–H groups in total. The van der Waals surface area contributed by atoms with Crippen molar-refractivity contribution in [1.82, 2.24) is 24.5 Å². The smallest absolute Gasteiger partial charge is 0.350 e. The van der Waals surface area contributed by atoms with Crippen molar-refractivity contribution in [1.29, 1.82) is 0 Å². The van der Waals surface area contributed by atoms with Crippen LogP contribution in [0.3, 0.4) is 0 Å². The van der Waals surface area contributed by atoms with E-state index in [1.807, 2.05) is 18.2 Å². The Bertz CT molecular complexity index is 1070. The summed E-state index contributed by atoms with van der Waals surface area (Å²) in [5.41, 5.74) is 0.946. The van der Waals surface area contributed by atoms with Crippen LogP contribution in [0.5, 0.6) is 0 Å². The largest absolute Gasteiger partial charge is 0.353 e. The van der Waals surface area contributed by atoms with Gasteiger partial charge in [0.05, 0.1) is 0 Å². The van der Waals surface area contributed by atoms with Gasteiger partial charge in [-0.15, -0.1) is 5.10 Å². The van der Waals surface area contributed by atoms with Gasteiger partial charge in [-0.2, -0.15) is 0 Å². The van der Waals surface area contributed by atoms with E-state index in [4.69, 9.17) is 11.6 Å². The number of hydrogen-bond acceptors (Lipinski definition) is 5. The maximum atomic E-state index is 12.7. The Hall–Kier alpha value is -2.87. The molecule has 152 valence electrons. The molecule has 0 radical (unpaired) electrons. The zero-order chi connectivity index (χ0) is 20.2. The third kappa shape index (κ3) is 4.27. The van der Waals surface area contributed by atoms with E-state index in [0.29, 0.717) is 23.0 Å². The quantitative estimate of drug-likeness (QED) is 0.692. The summed E-state index contributed by atoms with van der Waals surface area (Å²) >= 11 is 6.12. The number of carbonyl (C=O) groups is 1. The molecule has 8 nitrogen and oxygen atoms in total. The van der Waals surface area contributed by atoms with Gasteiger partial charge in [0.1, 0.15) is 6.54 Å². The second-order valence-corrected chi connectivity index (χ2v) is 7.56. The molecule has 0 spiro atoms. The molecule has 1 aliphatic rings. The molecule has 0 unspecified atom stereocenters. The maximum absolute atomic E-state index is 12.7. The van der Waals surface area contributed by atoms with Crippen LogP contribution in [-0.2, 0) is 17.9 Å². The number of halogens is 1. The molecule has 0 atom stereocenters. The molecule has 29 heavy (non-hydrogen) atoms. The van der Waals surface area contributed by atoms with E-state index in [-0.39, 0.29) is 18.1 Å². The normalized spacial score (nSPS) is 14.7. The highest BCUT2D eigenvalue weighted by molar-refractivity contribution is 6.31. The molecule has 1 aromatic carbocycles. The maximum Gasteiger partial charge on any atom is 0.350 e. The first-order chi connectivity index (χ1) is 14.1. The van der Waals surface area contributed by atoms with Crippen LogP contribution in [0.15, 0.2) is 41.5 Å². The Morgan fingerprint density at radius 3 is 2.66 bits per heavy atom. The van der Waals surface area contributed by atoms with Gasteiger partial charge in [0.25, 0.3) is 0 Å². The minimum atomic E-state index is -0.355. The minimum absolute atomic E-state index is 0.162. The molecule has 0 bridgehead atoms. The van der Waals surface area contributed by atoms with Crippen LogP contribution in [0.2, 0.25) is 5.02 Å². The van der Waals surface area contributed by atoms with Crippen LogP contribution in [0, 0.1) is 0 Å². The van der Waals surface area contributed by atoms with Crippen LogP contribution < -0.4 is 15.9 Å². The van der Waals surface area contributed by atoms with Gasteiger partial charge in [-0.05, 0) is 24.5 Å². The first kappa shape index (κ1) is 19.4. The van der Waals surface area contributed by atoms with Gasteiger partial charge >= 0.3 is 5.69 Å².